The molecule has 2 unspecified atom stereocenters. The van der Waals surface area contributed by atoms with Gasteiger partial charge >= 0.3 is 5.97 Å². The van der Waals surface area contributed by atoms with Gasteiger partial charge in [0.15, 0.2) is 11.0 Å². The van der Waals surface area contributed by atoms with Crippen LogP contribution in [0, 0.1) is 0 Å². The molecule has 2 N–H and O–H groups in total. The summed E-state index contributed by atoms with van der Waals surface area (Å²) in [5.74, 6) is -0.518. The first-order valence-corrected chi connectivity index (χ1v) is 7.08. The van der Waals surface area contributed by atoms with Gasteiger partial charge in [0.1, 0.15) is 6.61 Å². The Balaban J connectivity index is 2.25. The number of carboxylic acids is 1. The average Bonchev–Trinajstić information content (AvgIpc) is 3.01. The maximum Gasteiger partial charge on any atom is 0.313 e. The van der Waals surface area contributed by atoms with Crippen LogP contribution in [0.2, 0.25) is 0 Å². The molecule has 1 fully saturated rings. The highest BCUT2D eigenvalue weighted by Gasteiger charge is 2.32. The Kier molecular flexibility index (Phi) is 4.78. The topological polar surface area (TPSA) is 97.5 Å². The highest BCUT2D eigenvalue weighted by Crippen LogP contribution is 2.35. The molecule has 1 aliphatic carbocycles. The summed E-state index contributed by atoms with van der Waals surface area (Å²) in [5, 5.41) is 26.5. The molecular weight excluding hydrogens is 270 g/mol. The third-order valence-corrected chi connectivity index (χ3v) is 4.18. The summed E-state index contributed by atoms with van der Waals surface area (Å²) < 4.78 is 7.27. The largest absolute Gasteiger partial charge is 0.481 e. The van der Waals surface area contributed by atoms with Gasteiger partial charge in [-0.1, -0.05) is 11.8 Å². The SMILES string of the molecule is COC1CCCC1n1c(CO)nnc1SCC(=O)O. The predicted octanol–water partition coefficient (Wildman–Crippen LogP) is 0.687. The number of hydrogen-bond acceptors (Lipinski definition) is 6. The first-order chi connectivity index (χ1) is 9.17. The van der Waals surface area contributed by atoms with Crippen molar-refractivity contribution in [3.05, 3.63) is 5.82 Å². The van der Waals surface area contributed by atoms with E-state index < -0.39 is 5.97 Å². The van der Waals surface area contributed by atoms with E-state index in [1.807, 2.05) is 4.57 Å². The van der Waals surface area contributed by atoms with Crippen molar-refractivity contribution in [3.63, 3.8) is 0 Å². The molecule has 19 heavy (non-hydrogen) atoms. The van der Waals surface area contributed by atoms with Crippen LogP contribution in [0.5, 0.6) is 0 Å². The van der Waals surface area contributed by atoms with Crippen LogP contribution < -0.4 is 0 Å². The molecule has 106 valence electrons. The Hall–Kier alpha value is -1.12. The summed E-state index contributed by atoms with van der Waals surface area (Å²) in [6.45, 7) is -0.215. The van der Waals surface area contributed by atoms with Crippen LogP contribution in [-0.4, -0.2) is 49.9 Å². The van der Waals surface area contributed by atoms with Crippen LogP contribution in [0.4, 0.5) is 0 Å². The van der Waals surface area contributed by atoms with Gasteiger partial charge in [-0.2, -0.15) is 0 Å². The van der Waals surface area contributed by atoms with Gasteiger partial charge in [-0.05, 0) is 19.3 Å². The maximum atomic E-state index is 10.6. The highest BCUT2D eigenvalue weighted by molar-refractivity contribution is 7.99. The van der Waals surface area contributed by atoms with Crippen molar-refractivity contribution < 1.29 is 19.7 Å². The van der Waals surface area contributed by atoms with Gasteiger partial charge < -0.3 is 14.9 Å². The second-order valence-corrected chi connectivity index (χ2v) is 5.32. The highest BCUT2D eigenvalue weighted by atomic mass is 32.2. The number of hydrogen-bond donors (Lipinski definition) is 2. The molecule has 0 saturated heterocycles. The minimum atomic E-state index is -0.903. The molecule has 0 aliphatic heterocycles. The van der Waals surface area contributed by atoms with Crippen molar-refractivity contribution in [2.24, 2.45) is 0 Å². The summed E-state index contributed by atoms with van der Waals surface area (Å²) in [7, 11) is 1.66. The molecule has 2 atom stereocenters. The third-order valence-electron chi connectivity index (χ3n) is 3.25. The number of ether oxygens (including phenoxy) is 1. The summed E-state index contributed by atoms with van der Waals surface area (Å²) in [5.41, 5.74) is 0. The zero-order valence-corrected chi connectivity index (χ0v) is 11.5. The lowest BCUT2D eigenvalue weighted by molar-refractivity contribution is -0.133. The second kappa shape index (κ2) is 6.36. The normalized spacial score (nSPS) is 22.8. The Morgan fingerprint density at radius 1 is 1.53 bits per heavy atom. The average molecular weight is 287 g/mol. The number of nitrogens with zero attached hydrogens (tertiary/aromatic N) is 3. The predicted molar refractivity (Wildman–Crippen MR) is 68.0 cm³/mol. The quantitative estimate of drug-likeness (QED) is 0.743. The molecule has 1 heterocycles. The lowest BCUT2D eigenvalue weighted by atomic mass is 10.2. The Bertz CT molecular complexity index is 451. The number of carbonyl (C=O) groups is 1. The third kappa shape index (κ3) is 3.07. The zero-order valence-electron chi connectivity index (χ0n) is 10.7. The molecule has 0 amide bonds. The summed E-state index contributed by atoms with van der Waals surface area (Å²) >= 11 is 1.11. The molecular formula is C11H17N3O4S. The molecule has 2 rings (SSSR count). The van der Waals surface area contributed by atoms with Crippen LogP contribution in [0.3, 0.4) is 0 Å². The first-order valence-electron chi connectivity index (χ1n) is 6.09. The van der Waals surface area contributed by atoms with Crippen molar-refractivity contribution in [1.82, 2.24) is 14.8 Å². The number of methoxy groups -OCH3 is 1. The summed E-state index contributed by atoms with van der Waals surface area (Å²) in [6, 6.07) is 0.0680. The molecule has 0 spiro atoms. The number of carboxylic acid groups (broad SMARTS) is 1. The fourth-order valence-electron chi connectivity index (χ4n) is 2.45. The van der Waals surface area contributed by atoms with E-state index >= 15 is 0 Å². The zero-order chi connectivity index (χ0) is 13.8. The fourth-order valence-corrected chi connectivity index (χ4v) is 3.18. The summed E-state index contributed by atoms with van der Waals surface area (Å²) in [4.78, 5) is 10.6. The van der Waals surface area contributed by atoms with Crippen molar-refractivity contribution in [3.8, 4) is 0 Å². The van der Waals surface area contributed by atoms with E-state index in [2.05, 4.69) is 10.2 Å². The van der Waals surface area contributed by atoms with Crippen LogP contribution in [-0.2, 0) is 16.1 Å². The second-order valence-electron chi connectivity index (χ2n) is 4.38. The number of aliphatic hydroxyl groups is 1. The molecule has 7 nitrogen and oxygen atoms in total. The van der Waals surface area contributed by atoms with Crippen molar-refractivity contribution in [2.45, 2.75) is 43.2 Å². The van der Waals surface area contributed by atoms with Gasteiger partial charge in [-0.25, -0.2) is 0 Å². The van der Waals surface area contributed by atoms with Crippen LogP contribution in [0.15, 0.2) is 5.16 Å². The van der Waals surface area contributed by atoms with E-state index in [-0.39, 0.29) is 24.5 Å². The van der Waals surface area contributed by atoms with Gasteiger partial charge in [0.2, 0.25) is 0 Å². The molecule has 0 aromatic carbocycles. The van der Waals surface area contributed by atoms with Gasteiger partial charge in [-0.3, -0.25) is 9.36 Å². The van der Waals surface area contributed by atoms with E-state index in [4.69, 9.17) is 9.84 Å². The van der Waals surface area contributed by atoms with E-state index in [0.717, 1.165) is 31.0 Å². The molecule has 0 bridgehead atoms. The van der Waals surface area contributed by atoms with Crippen molar-refractivity contribution in [1.29, 1.82) is 0 Å². The Morgan fingerprint density at radius 3 is 2.95 bits per heavy atom. The van der Waals surface area contributed by atoms with Gasteiger partial charge in [0, 0.05) is 7.11 Å². The smallest absolute Gasteiger partial charge is 0.313 e. The standard InChI is InChI=1S/C11H17N3O4S/c1-18-8-4-2-3-7(8)14-9(5-15)12-13-11(14)19-6-10(16)17/h7-8,15H,2-6H2,1H3,(H,16,17). The van der Waals surface area contributed by atoms with Crippen LogP contribution >= 0.6 is 11.8 Å². The molecule has 1 aromatic rings. The molecule has 1 saturated carbocycles. The van der Waals surface area contributed by atoms with E-state index in [1.54, 1.807) is 7.11 Å². The lowest BCUT2D eigenvalue weighted by Crippen LogP contribution is -2.23. The number of aromatic nitrogens is 3. The van der Waals surface area contributed by atoms with Crippen molar-refractivity contribution in [2.75, 3.05) is 12.9 Å². The molecule has 1 aliphatic rings. The number of rotatable bonds is 6. The van der Waals surface area contributed by atoms with E-state index in [0.29, 0.717) is 11.0 Å². The summed E-state index contributed by atoms with van der Waals surface area (Å²) in [6.07, 6.45) is 2.97. The minimum absolute atomic E-state index is 0.0606. The van der Waals surface area contributed by atoms with E-state index in [1.165, 1.54) is 0 Å². The van der Waals surface area contributed by atoms with Gasteiger partial charge in [-0.15, -0.1) is 10.2 Å². The number of thioether (sulfide) groups is 1. The fraction of sp³-hybridized carbons (Fsp3) is 0.727. The maximum absolute atomic E-state index is 10.6. The number of aliphatic carboxylic acids is 1. The van der Waals surface area contributed by atoms with Gasteiger partial charge in [0.25, 0.3) is 0 Å². The minimum Gasteiger partial charge on any atom is -0.481 e. The Labute approximate surface area is 115 Å². The monoisotopic (exact) mass is 287 g/mol. The number of aliphatic hydroxyl groups excluding tert-OH is 1. The lowest BCUT2D eigenvalue weighted by Gasteiger charge is -2.22. The Morgan fingerprint density at radius 2 is 2.32 bits per heavy atom. The first kappa shape index (κ1) is 14.3. The van der Waals surface area contributed by atoms with E-state index in [9.17, 15) is 9.90 Å². The molecule has 8 heteroatoms. The van der Waals surface area contributed by atoms with Crippen LogP contribution in [0.25, 0.3) is 0 Å². The van der Waals surface area contributed by atoms with Gasteiger partial charge in [0.05, 0.1) is 17.9 Å². The van der Waals surface area contributed by atoms with Crippen molar-refractivity contribution >= 4 is 17.7 Å². The molecule has 0 radical (unpaired) electrons. The van der Waals surface area contributed by atoms with Crippen LogP contribution in [0.1, 0.15) is 31.1 Å². The molecule has 1 aromatic heterocycles.